The second kappa shape index (κ2) is 4.43. The number of aliphatic carboxylic acids is 1. The molecule has 78 valence electrons. The Morgan fingerprint density at radius 3 is 2.86 bits per heavy atom. The van der Waals surface area contributed by atoms with E-state index in [0.29, 0.717) is 32.4 Å². The highest BCUT2D eigenvalue weighted by molar-refractivity contribution is 5.75. The van der Waals surface area contributed by atoms with Crippen LogP contribution in [0.5, 0.6) is 0 Å². The molecule has 1 saturated heterocycles. The first kappa shape index (κ1) is 11.0. The van der Waals surface area contributed by atoms with Gasteiger partial charge < -0.3 is 10.0 Å². The molecule has 1 fully saturated rings. The van der Waals surface area contributed by atoms with E-state index in [2.05, 4.69) is 11.0 Å². The van der Waals surface area contributed by atoms with Gasteiger partial charge in [-0.2, -0.15) is 5.26 Å². The minimum atomic E-state index is -0.695. The van der Waals surface area contributed by atoms with Crippen molar-refractivity contribution in [2.75, 3.05) is 19.6 Å². The van der Waals surface area contributed by atoms with Crippen molar-refractivity contribution in [1.82, 2.24) is 4.90 Å². The van der Waals surface area contributed by atoms with Crippen LogP contribution in [0.15, 0.2) is 0 Å². The van der Waals surface area contributed by atoms with Gasteiger partial charge in [-0.3, -0.25) is 4.79 Å². The molecule has 0 spiro atoms. The standard InChI is InChI=1S/C10H16N2O2/c1-2-10(9(13)14)4-7-12(8-10)6-3-5-11/h2-4,6-8H2,1H3,(H,13,14). The lowest BCUT2D eigenvalue weighted by atomic mass is 9.84. The van der Waals surface area contributed by atoms with Crippen LogP contribution in [0.1, 0.15) is 26.2 Å². The van der Waals surface area contributed by atoms with Gasteiger partial charge in [-0.25, -0.2) is 0 Å². The second-order valence-corrected chi connectivity index (χ2v) is 3.87. The third-order valence-electron chi connectivity index (χ3n) is 3.10. The summed E-state index contributed by atoms with van der Waals surface area (Å²) in [7, 11) is 0. The third-order valence-corrected chi connectivity index (χ3v) is 3.10. The van der Waals surface area contributed by atoms with Crippen molar-refractivity contribution in [3.8, 4) is 6.07 Å². The Labute approximate surface area is 84.1 Å². The molecule has 14 heavy (non-hydrogen) atoms. The van der Waals surface area contributed by atoms with Crippen LogP contribution in [-0.2, 0) is 4.79 Å². The topological polar surface area (TPSA) is 64.3 Å². The summed E-state index contributed by atoms with van der Waals surface area (Å²) in [4.78, 5) is 13.2. The van der Waals surface area contributed by atoms with Gasteiger partial charge in [0.25, 0.3) is 0 Å². The molecule has 1 atom stereocenters. The molecule has 1 aliphatic rings. The van der Waals surface area contributed by atoms with Gasteiger partial charge >= 0.3 is 5.97 Å². The van der Waals surface area contributed by atoms with E-state index < -0.39 is 11.4 Å². The van der Waals surface area contributed by atoms with Gasteiger partial charge in [0.05, 0.1) is 11.5 Å². The maximum absolute atomic E-state index is 11.1. The van der Waals surface area contributed by atoms with Crippen LogP contribution in [0.2, 0.25) is 0 Å². The van der Waals surface area contributed by atoms with Gasteiger partial charge in [-0.15, -0.1) is 0 Å². The molecular weight excluding hydrogens is 180 g/mol. The van der Waals surface area contributed by atoms with E-state index >= 15 is 0 Å². The average molecular weight is 196 g/mol. The zero-order chi connectivity index (χ0) is 10.6. The SMILES string of the molecule is CCC1(C(=O)O)CCN(CCC#N)C1. The van der Waals surface area contributed by atoms with Crippen molar-refractivity contribution in [2.45, 2.75) is 26.2 Å². The largest absolute Gasteiger partial charge is 0.481 e. The molecule has 0 aromatic carbocycles. The summed E-state index contributed by atoms with van der Waals surface area (Å²) in [5.74, 6) is -0.695. The summed E-state index contributed by atoms with van der Waals surface area (Å²) in [6.45, 7) is 4.02. The van der Waals surface area contributed by atoms with E-state index in [9.17, 15) is 4.79 Å². The summed E-state index contributed by atoms with van der Waals surface area (Å²) < 4.78 is 0. The molecule has 4 nitrogen and oxygen atoms in total. The number of hydrogen-bond donors (Lipinski definition) is 1. The van der Waals surface area contributed by atoms with Crippen LogP contribution < -0.4 is 0 Å². The highest BCUT2D eigenvalue weighted by Gasteiger charge is 2.42. The van der Waals surface area contributed by atoms with Crippen LogP contribution in [0.25, 0.3) is 0 Å². The lowest BCUT2D eigenvalue weighted by molar-refractivity contribution is -0.148. The fraction of sp³-hybridized carbons (Fsp3) is 0.800. The highest BCUT2D eigenvalue weighted by atomic mass is 16.4. The number of nitrogens with zero attached hydrogens (tertiary/aromatic N) is 2. The van der Waals surface area contributed by atoms with Crippen molar-refractivity contribution in [1.29, 1.82) is 5.26 Å². The second-order valence-electron chi connectivity index (χ2n) is 3.87. The van der Waals surface area contributed by atoms with E-state index in [4.69, 9.17) is 10.4 Å². The third kappa shape index (κ3) is 2.05. The lowest BCUT2D eigenvalue weighted by Crippen LogP contribution is -2.34. The summed E-state index contributed by atoms with van der Waals surface area (Å²) >= 11 is 0. The molecule has 0 amide bonds. The van der Waals surface area contributed by atoms with Crippen molar-refractivity contribution in [3.63, 3.8) is 0 Å². The number of hydrogen-bond acceptors (Lipinski definition) is 3. The Kier molecular flexibility index (Phi) is 3.48. The zero-order valence-electron chi connectivity index (χ0n) is 8.49. The van der Waals surface area contributed by atoms with Gasteiger partial charge in [-0.05, 0) is 19.4 Å². The molecule has 1 N–H and O–H groups in total. The number of carboxylic acid groups (broad SMARTS) is 1. The fourth-order valence-electron chi connectivity index (χ4n) is 1.97. The van der Waals surface area contributed by atoms with Crippen molar-refractivity contribution in [2.24, 2.45) is 5.41 Å². The average Bonchev–Trinajstić information content (AvgIpc) is 2.59. The van der Waals surface area contributed by atoms with Crippen LogP contribution in [-0.4, -0.2) is 35.6 Å². The van der Waals surface area contributed by atoms with Crippen LogP contribution in [0.4, 0.5) is 0 Å². The first-order chi connectivity index (χ1) is 6.64. The Morgan fingerprint density at radius 2 is 2.43 bits per heavy atom. The smallest absolute Gasteiger partial charge is 0.310 e. The number of nitriles is 1. The van der Waals surface area contributed by atoms with E-state index in [1.54, 1.807) is 0 Å². The van der Waals surface area contributed by atoms with Gasteiger partial charge in [0.1, 0.15) is 0 Å². The quantitative estimate of drug-likeness (QED) is 0.731. The summed E-state index contributed by atoms with van der Waals surface area (Å²) in [5, 5.41) is 17.5. The minimum absolute atomic E-state index is 0.486. The molecule has 0 aromatic heterocycles. The number of carbonyl (C=O) groups is 1. The number of rotatable bonds is 4. The fourth-order valence-corrected chi connectivity index (χ4v) is 1.97. The maximum Gasteiger partial charge on any atom is 0.310 e. The summed E-state index contributed by atoms with van der Waals surface area (Å²) in [6, 6.07) is 2.08. The van der Waals surface area contributed by atoms with Crippen LogP contribution in [0.3, 0.4) is 0 Å². The molecule has 1 rings (SSSR count). The molecule has 1 unspecified atom stereocenters. The zero-order valence-corrected chi connectivity index (χ0v) is 8.49. The first-order valence-electron chi connectivity index (χ1n) is 4.97. The van der Waals surface area contributed by atoms with Crippen LogP contribution in [0, 0.1) is 16.7 Å². The van der Waals surface area contributed by atoms with Crippen LogP contribution >= 0.6 is 0 Å². The van der Waals surface area contributed by atoms with Gasteiger partial charge in [0, 0.05) is 19.5 Å². The van der Waals surface area contributed by atoms with E-state index in [1.807, 2.05) is 6.92 Å². The first-order valence-corrected chi connectivity index (χ1v) is 4.97. The van der Waals surface area contributed by atoms with E-state index in [0.717, 1.165) is 6.54 Å². The van der Waals surface area contributed by atoms with Crippen molar-refractivity contribution in [3.05, 3.63) is 0 Å². The molecule has 0 bridgehead atoms. The van der Waals surface area contributed by atoms with E-state index in [1.165, 1.54) is 0 Å². The van der Waals surface area contributed by atoms with E-state index in [-0.39, 0.29) is 0 Å². The Balaban J connectivity index is 2.54. The Hall–Kier alpha value is -1.08. The molecule has 4 heteroatoms. The molecule has 1 heterocycles. The predicted octanol–water partition coefficient (Wildman–Crippen LogP) is 1.09. The molecule has 0 aliphatic carbocycles. The number of likely N-dealkylation sites (tertiary alicyclic amines) is 1. The highest BCUT2D eigenvalue weighted by Crippen LogP contribution is 2.33. The van der Waals surface area contributed by atoms with Crippen molar-refractivity contribution >= 4 is 5.97 Å². The molecular formula is C10H16N2O2. The molecule has 1 aliphatic heterocycles. The summed E-state index contributed by atoms with van der Waals surface area (Å²) in [5.41, 5.74) is -0.560. The molecule has 0 aromatic rings. The minimum Gasteiger partial charge on any atom is -0.481 e. The number of carboxylic acids is 1. The summed E-state index contributed by atoms with van der Waals surface area (Å²) in [6.07, 6.45) is 1.87. The Morgan fingerprint density at radius 1 is 1.71 bits per heavy atom. The lowest BCUT2D eigenvalue weighted by Gasteiger charge is -2.22. The Bertz CT molecular complexity index is 259. The molecule has 0 radical (unpaired) electrons. The van der Waals surface area contributed by atoms with Gasteiger partial charge in [-0.1, -0.05) is 6.92 Å². The molecule has 0 saturated carbocycles. The normalized spacial score (nSPS) is 27.4. The van der Waals surface area contributed by atoms with Gasteiger partial charge in [0.2, 0.25) is 0 Å². The maximum atomic E-state index is 11.1. The van der Waals surface area contributed by atoms with Gasteiger partial charge in [0.15, 0.2) is 0 Å². The predicted molar refractivity (Wildman–Crippen MR) is 51.6 cm³/mol. The van der Waals surface area contributed by atoms with Crippen molar-refractivity contribution < 1.29 is 9.90 Å². The monoisotopic (exact) mass is 196 g/mol.